The standard InChI is InChI=1S/C41H48N2O6/c1-42-14-13-24-19-36(45-4)26(15-29(24)34(42)18-25-11-9-10-12-35(25)44-3)16-33-30-17-27-23-43(2)40(32(30)22-39(48-7)41(33)49-8)31-21-38(47-6)37(46-5)20-28(27)31/h9-12,15,19-22,27,34,40H,13-14,16-18,23H2,1-8H3. The van der Waals surface area contributed by atoms with Crippen LogP contribution in [0.1, 0.15) is 68.1 Å². The zero-order valence-corrected chi connectivity index (χ0v) is 30.0. The topological polar surface area (TPSA) is 61.9 Å². The van der Waals surface area contributed by atoms with Crippen molar-refractivity contribution in [1.29, 1.82) is 0 Å². The van der Waals surface area contributed by atoms with E-state index in [0.29, 0.717) is 6.42 Å². The van der Waals surface area contributed by atoms with Crippen LogP contribution in [-0.4, -0.2) is 79.6 Å². The van der Waals surface area contributed by atoms with Gasteiger partial charge < -0.3 is 28.4 Å². The van der Waals surface area contributed by atoms with Crippen molar-refractivity contribution in [2.45, 2.75) is 43.7 Å². The predicted molar refractivity (Wildman–Crippen MR) is 192 cm³/mol. The fourth-order valence-electron chi connectivity index (χ4n) is 8.68. The van der Waals surface area contributed by atoms with E-state index in [1.807, 2.05) is 12.1 Å². The highest BCUT2D eigenvalue weighted by atomic mass is 16.5. The first-order valence-electron chi connectivity index (χ1n) is 17.1. The average Bonchev–Trinajstić information content (AvgIpc) is 3.35. The zero-order chi connectivity index (χ0) is 34.4. The second-order valence-corrected chi connectivity index (χ2v) is 13.5. The Balaban J connectivity index is 1.37. The molecule has 8 rings (SSSR count). The van der Waals surface area contributed by atoms with Crippen LogP contribution in [0.3, 0.4) is 0 Å². The molecule has 2 bridgehead atoms. The molecule has 0 fully saturated rings. The molecule has 0 N–H and O–H groups in total. The van der Waals surface area contributed by atoms with Crippen molar-refractivity contribution in [3.63, 3.8) is 0 Å². The smallest absolute Gasteiger partial charge is 0.164 e. The molecule has 0 aromatic heterocycles. The Bertz CT molecular complexity index is 1870. The lowest BCUT2D eigenvalue weighted by Crippen LogP contribution is -2.33. The number of methoxy groups -OCH3 is 6. The van der Waals surface area contributed by atoms with E-state index in [-0.39, 0.29) is 18.0 Å². The van der Waals surface area contributed by atoms with Crippen LogP contribution in [0.2, 0.25) is 0 Å². The minimum Gasteiger partial charge on any atom is -0.496 e. The van der Waals surface area contributed by atoms with Crippen LogP contribution in [0.25, 0.3) is 0 Å². The van der Waals surface area contributed by atoms with E-state index in [1.54, 1.807) is 42.7 Å². The average molecular weight is 665 g/mol. The molecule has 4 aliphatic rings. The predicted octanol–water partition coefficient (Wildman–Crippen LogP) is 6.78. The Kier molecular flexibility index (Phi) is 9.11. The summed E-state index contributed by atoms with van der Waals surface area (Å²) in [4.78, 5) is 4.93. The van der Waals surface area contributed by atoms with Crippen LogP contribution in [0, 0.1) is 0 Å². The van der Waals surface area contributed by atoms with E-state index in [2.05, 4.69) is 66.4 Å². The lowest BCUT2D eigenvalue weighted by molar-refractivity contribution is 0.227. The molecule has 8 nitrogen and oxygen atoms in total. The zero-order valence-electron chi connectivity index (χ0n) is 30.0. The summed E-state index contributed by atoms with van der Waals surface area (Å²) in [6.45, 7) is 1.92. The molecule has 1 aliphatic carbocycles. The van der Waals surface area contributed by atoms with Gasteiger partial charge in [0.2, 0.25) is 0 Å². The maximum Gasteiger partial charge on any atom is 0.164 e. The van der Waals surface area contributed by atoms with Gasteiger partial charge >= 0.3 is 0 Å². The second-order valence-electron chi connectivity index (χ2n) is 13.5. The number of para-hydroxylation sites is 1. The fourth-order valence-corrected chi connectivity index (χ4v) is 8.68. The third-order valence-corrected chi connectivity index (χ3v) is 11.1. The molecule has 8 heteroatoms. The summed E-state index contributed by atoms with van der Waals surface area (Å²) < 4.78 is 35.7. The Hall–Kier alpha value is -4.40. The van der Waals surface area contributed by atoms with Gasteiger partial charge in [-0.05, 0) is 114 Å². The van der Waals surface area contributed by atoms with E-state index in [9.17, 15) is 0 Å². The second kappa shape index (κ2) is 13.5. The maximum absolute atomic E-state index is 6.20. The molecule has 3 unspecified atom stereocenters. The molecular formula is C41H48N2O6. The van der Waals surface area contributed by atoms with Gasteiger partial charge in [-0.25, -0.2) is 0 Å². The van der Waals surface area contributed by atoms with Crippen molar-refractivity contribution in [3.05, 3.63) is 105 Å². The van der Waals surface area contributed by atoms with Crippen molar-refractivity contribution in [2.24, 2.45) is 0 Å². The van der Waals surface area contributed by atoms with E-state index in [1.165, 1.54) is 38.9 Å². The van der Waals surface area contributed by atoms with Crippen molar-refractivity contribution in [3.8, 4) is 34.5 Å². The first-order chi connectivity index (χ1) is 23.8. The maximum atomic E-state index is 6.20. The highest BCUT2D eigenvalue weighted by Crippen LogP contribution is 2.53. The molecule has 0 saturated carbocycles. The normalized spacial score (nSPS) is 19.7. The monoisotopic (exact) mass is 664 g/mol. The third-order valence-electron chi connectivity index (χ3n) is 11.1. The van der Waals surface area contributed by atoms with E-state index in [4.69, 9.17) is 28.4 Å². The van der Waals surface area contributed by atoms with Gasteiger partial charge in [0.25, 0.3) is 0 Å². The van der Waals surface area contributed by atoms with Gasteiger partial charge in [-0.3, -0.25) is 9.80 Å². The van der Waals surface area contributed by atoms with Gasteiger partial charge in [-0.1, -0.05) is 18.2 Å². The van der Waals surface area contributed by atoms with Gasteiger partial charge in [0, 0.05) is 37.0 Å². The quantitative estimate of drug-likeness (QED) is 0.184. The van der Waals surface area contributed by atoms with E-state index < -0.39 is 0 Å². The number of benzene rings is 4. The third kappa shape index (κ3) is 5.65. The molecule has 0 radical (unpaired) electrons. The van der Waals surface area contributed by atoms with Gasteiger partial charge in [0.05, 0.1) is 48.7 Å². The van der Waals surface area contributed by atoms with Gasteiger partial charge in [-0.15, -0.1) is 0 Å². The van der Waals surface area contributed by atoms with Crippen LogP contribution in [0.5, 0.6) is 34.5 Å². The van der Waals surface area contributed by atoms with E-state index >= 15 is 0 Å². The fraction of sp³-hybridized carbons (Fsp3) is 0.415. The molecule has 4 aromatic rings. The lowest BCUT2D eigenvalue weighted by Gasteiger charge is -2.37. The van der Waals surface area contributed by atoms with Crippen LogP contribution in [-0.2, 0) is 25.7 Å². The molecule has 3 atom stereocenters. The van der Waals surface area contributed by atoms with Crippen molar-refractivity contribution in [2.75, 3.05) is 69.8 Å². The summed E-state index contributed by atoms with van der Waals surface area (Å²) in [6, 6.07) is 19.8. The molecule has 0 saturated heterocycles. The molecule has 0 spiro atoms. The summed E-state index contributed by atoms with van der Waals surface area (Å²) in [5.41, 5.74) is 11.3. The Labute approximate surface area is 290 Å². The lowest BCUT2D eigenvalue weighted by atomic mass is 9.84. The summed E-state index contributed by atoms with van der Waals surface area (Å²) in [7, 11) is 14.9. The van der Waals surface area contributed by atoms with Crippen LogP contribution >= 0.6 is 0 Å². The highest BCUT2D eigenvalue weighted by molar-refractivity contribution is 5.63. The highest BCUT2D eigenvalue weighted by Gasteiger charge is 2.41. The Morgan fingerprint density at radius 2 is 1.31 bits per heavy atom. The van der Waals surface area contributed by atoms with Crippen molar-refractivity contribution < 1.29 is 28.4 Å². The van der Waals surface area contributed by atoms with Gasteiger partial charge in [0.15, 0.2) is 23.0 Å². The Morgan fingerprint density at radius 1 is 0.633 bits per heavy atom. The number of ether oxygens (including phenoxy) is 6. The summed E-state index contributed by atoms with van der Waals surface area (Å²) in [5, 5.41) is 0. The number of hydrogen-bond acceptors (Lipinski definition) is 8. The summed E-state index contributed by atoms with van der Waals surface area (Å²) >= 11 is 0. The van der Waals surface area contributed by atoms with Gasteiger partial charge in [-0.2, -0.15) is 0 Å². The molecular weight excluding hydrogens is 616 g/mol. The summed E-state index contributed by atoms with van der Waals surface area (Å²) in [5.74, 6) is 5.15. The number of hydrogen-bond donors (Lipinski definition) is 0. The van der Waals surface area contributed by atoms with Crippen LogP contribution in [0.4, 0.5) is 0 Å². The first kappa shape index (κ1) is 33.1. The van der Waals surface area contributed by atoms with Crippen LogP contribution < -0.4 is 28.4 Å². The summed E-state index contributed by atoms with van der Waals surface area (Å²) in [6.07, 6.45) is 3.36. The van der Waals surface area contributed by atoms with Crippen molar-refractivity contribution >= 4 is 0 Å². The van der Waals surface area contributed by atoms with Crippen LogP contribution in [0.15, 0.2) is 54.6 Å². The molecule has 3 heterocycles. The molecule has 0 amide bonds. The largest absolute Gasteiger partial charge is 0.496 e. The Morgan fingerprint density at radius 3 is 2.00 bits per heavy atom. The molecule has 4 aromatic carbocycles. The van der Waals surface area contributed by atoms with Gasteiger partial charge in [0.1, 0.15) is 11.5 Å². The molecule has 49 heavy (non-hydrogen) atoms. The van der Waals surface area contributed by atoms with E-state index in [0.717, 1.165) is 78.0 Å². The van der Waals surface area contributed by atoms with Crippen molar-refractivity contribution in [1.82, 2.24) is 9.80 Å². The minimum atomic E-state index is 0.0337. The molecule has 3 aliphatic heterocycles. The SMILES string of the molecule is COc1cc2c(cc1Cc1c3c(cc(OC)c1OC)C1c4cc(OC)c(OC)cc4C(C3)CN1C)C(Cc1ccccc1OC)N(C)CC2. The molecule has 258 valence electrons. The number of fused-ring (bicyclic) bond motifs is 2. The number of likely N-dealkylation sites (N-methyl/N-ethyl adjacent to an activating group) is 2. The first-order valence-corrected chi connectivity index (χ1v) is 17.1. The minimum absolute atomic E-state index is 0.0337. The number of nitrogens with zero attached hydrogens (tertiary/aromatic N) is 2. The number of rotatable bonds is 10.